The number of imidazole rings is 1. The minimum Gasteiger partial charge on any atom is -0.497 e. The molecule has 2 aromatic heterocycles. The zero-order valence-corrected chi connectivity index (χ0v) is 17.1. The molecule has 0 unspecified atom stereocenters. The number of aromatic nitrogens is 2. The van der Waals surface area contributed by atoms with Crippen LogP contribution in [-0.2, 0) is 12.7 Å². The van der Waals surface area contributed by atoms with E-state index in [-0.39, 0.29) is 29.3 Å². The van der Waals surface area contributed by atoms with Crippen molar-refractivity contribution in [2.45, 2.75) is 12.7 Å². The molecule has 1 amide bonds. The Morgan fingerprint density at radius 2 is 1.94 bits per heavy atom. The molecule has 10 heteroatoms. The van der Waals surface area contributed by atoms with Crippen LogP contribution in [-0.4, -0.2) is 29.7 Å². The van der Waals surface area contributed by atoms with E-state index in [4.69, 9.17) is 13.9 Å². The highest BCUT2D eigenvalue weighted by Gasteiger charge is 2.31. The maximum absolute atomic E-state index is 13.2. The Morgan fingerprint density at radius 1 is 1.12 bits per heavy atom. The number of rotatable bonds is 6. The molecular weight excluding hydrogens is 427 g/mol. The van der Waals surface area contributed by atoms with Crippen LogP contribution in [0.2, 0.25) is 0 Å². The number of methoxy groups -OCH3 is 2. The minimum absolute atomic E-state index is 0.0681. The quantitative estimate of drug-likeness (QED) is 0.454. The molecule has 0 spiro atoms. The molecular formula is C22H18F3N3O4. The molecule has 0 atom stereocenters. The number of fused-ring (bicyclic) bond motifs is 1. The third kappa shape index (κ3) is 4.11. The predicted octanol–water partition coefficient (Wildman–Crippen LogP) is 4.97. The Balaban J connectivity index is 1.76. The van der Waals surface area contributed by atoms with Gasteiger partial charge in [-0.15, -0.1) is 0 Å². The molecule has 0 aliphatic rings. The average Bonchev–Trinajstić information content (AvgIpc) is 3.40. The Kier molecular flexibility index (Phi) is 5.52. The minimum atomic E-state index is -4.52. The number of hydrogen-bond acceptors (Lipinski definition) is 5. The van der Waals surface area contributed by atoms with Crippen LogP contribution in [0.4, 0.5) is 19.1 Å². The topological polar surface area (TPSA) is 78.5 Å². The number of anilines is 1. The Hall–Kier alpha value is -3.95. The van der Waals surface area contributed by atoms with Gasteiger partial charge >= 0.3 is 6.18 Å². The lowest BCUT2D eigenvalue weighted by Gasteiger charge is -2.12. The molecule has 2 aromatic carbocycles. The van der Waals surface area contributed by atoms with Crippen molar-refractivity contribution >= 4 is 22.9 Å². The second-order valence-electron chi connectivity index (χ2n) is 6.82. The molecule has 0 aliphatic heterocycles. The lowest BCUT2D eigenvalue weighted by molar-refractivity contribution is -0.137. The largest absolute Gasteiger partial charge is 0.497 e. The number of amides is 1. The van der Waals surface area contributed by atoms with Gasteiger partial charge in [0.2, 0.25) is 5.95 Å². The van der Waals surface area contributed by atoms with Crippen molar-refractivity contribution in [3.63, 3.8) is 0 Å². The summed E-state index contributed by atoms with van der Waals surface area (Å²) >= 11 is 0. The van der Waals surface area contributed by atoms with Gasteiger partial charge in [0, 0.05) is 6.07 Å². The van der Waals surface area contributed by atoms with Gasteiger partial charge in [0.25, 0.3) is 5.91 Å². The van der Waals surface area contributed by atoms with E-state index in [2.05, 4.69) is 10.3 Å². The van der Waals surface area contributed by atoms with Crippen LogP contribution in [0.3, 0.4) is 0 Å². The lowest BCUT2D eigenvalue weighted by Crippen LogP contribution is -2.17. The highest BCUT2D eigenvalue weighted by Crippen LogP contribution is 2.33. The molecule has 166 valence electrons. The molecule has 0 aliphatic carbocycles. The zero-order chi connectivity index (χ0) is 22.9. The van der Waals surface area contributed by atoms with Crippen molar-refractivity contribution in [2.24, 2.45) is 0 Å². The van der Waals surface area contributed by atoms with Gasteiger partial charge in [-0.2, -0.15) is 13.2 Å². The fourth-order valence-electron chi connectivity index (χ4n) is 3.27. The summed E-state index contributed by atoms with van der Waals surface area (Å²) in [7, 11) is 2.90. The highest BCUT2D eigenvalue weighted by atomic mass is 19.4. The Morgan fingerprint density at radius 3 is 2.59 bits per heavy atom. The van der Waals surface area contributed by atoms with Gasteiger partial charge in [0.15, 0.2) is 0 Å². The maximum Gasteiger partial charge on any atom is 0.416 e. The first kappa shape index (κ1) is 21.3. The van der Waals surface area contributed by atoms with Crippen molar-refractivity contribution in [1.82, 2.24) is 9.55 Å². The first-order chi connectivity index (χ1) is 15.3. The Bertz CT molecular complexity index is 1260. The fourth-order valence-corrected chi connectivity index (χ4v) is 3.27. The number of halogens is 3. The van der Waals surface area contributed by atoms with Crippen LogP contribution in [0.1, 0.15) is 21.7 Å². The molecule has 0 saturated carbocycles. The predicted molar refractivity (Wildman–Crippen MR) is 110 cm³/mol. The summed E-state index contributed by atoms with van der Waals surface area (Å²) in [6.45, 7) is 0.157. The zero-order valence-electron chi connectivity index (χ0n) is 17.1. The van der Waals surface area contributed by atoms with Crippen molar-refractivity contribution in [3.05, 3.63) is 71.7 Å². The van der Waals surface area contributed by atoms with Crippen LogP contribution >= 0.6 is 0 Å². The molecule has 7 nitrogen and oxygen atoms in total. The lowest BCUT2D eigenvalue weighted by atomic mass is 10.2. The Labute approximate surface area is 180 Å². The normalized spacial score (nSPS) is 11.5. The van der Waals surface area contributed by atoms with Crippen LogP contribution < -0.4 is 14.8 Å². The number of alkyl halides is 3. The summed E-state index contributed by atoms with van der Waals surface area (Å²) in [4.78, 5) is 17.2. The van der Waals surface area contributed by atoms with Gasteiger partial charge < -0.3 is 18.5 Å². The van der Waals surface area contributed by atoms with Crippen LogP contribution in [0, 0.1) is 0 Å². The van der Waals surface area contributed by atoms with Crippen molar-refractivity contribution in [1.29, 1.82) is 0 Å². The van der Waals surface area contributed by atoms with Crippen LogP contribution in [0.25, 0.3) is 11.0 Å². The number of furan rings is 1. The van der Waals surface area contributed by atoms with Crippen molar-refractivity contribution in [2.75, 3.05) is 19.5 Å². The van der Waals surface area contributed by atoms with E-state index in [9.17, 15) is 18.0 Å². The summed E-state index contributed by atoms with van der Waals surface area (Å²) in [5, 5.41) is 2.67. The molecule has 1 N–H and O–H groups in total. The van der Waals surface area contributed by atoms with Crippen LogP contribution in [0.5, 0.6) is 11.5 Å². The monoisotopic (exact) mass is 445 g/mol. The van der Waals surface area contributed by atoms with E-state index in [0.717, 1.165) is 12.1 Å². The van der Waals surface area contributed by atoms with Gasteiger partial charge in [0.05, 0.1) is 49.2 Å². The second kappa shape index (κ2) is 8.29. The molecule has 4 aromatic rings. The number of carbonyl (C=O) groups excluding carboxylic acids is 1. The van der Waals surface area contributed by atoms with E-state index >= 15 is 0 Å². The summed E-state index contributed by atoms with van der Waals surface area (Å²) in [6.07, 6.45) is -3.03. The number of nitrogens with one attached hydrogen (secondary N) is 1. The summed E-state index contributed by atoms with van der Waals surface area (Å²) in [6, 6.07) is 11.3. The SMILES string of the molecule is COc1ccc(C(=O)Nc2nc3cc(C(F)(F)F)ccc3n2Cc2ccco2)c(OC)c1. The standard InChI is InChI=1S/C22H18F3N3O4/c1-30-14-6-7-16(19(11-14)31-2)20(29)27-21-26-17-10-13(22(23,24)25)5-8-18(17)28(21)12-15-4-3-9-32-15/h3-11H,12H2,1-2H3,(H,26,27,29). The molecule has 4 rings (SSSR count). The van der Waals surface area contributed by atoms with Gasteiger partial charge in [-0.25, -0.2) is 4.98 Å². The van der Waals surface area contributed by atoms with Gasteiger partial charge in [-0.1, -0.05) is 0 Å². The number of hydrogen-bond donors (Lipinski definition) is 1. The molecule has 0 fully saturated rings. The van der Waals surface area contributed by atoms with Gasteiger partial charge in [-0.3, -0.25) is 10.1 Å². The smallest absolute Gasteiger partial charge is 0.416 e. The molecule has 2 heterocycles. The third-order valence-corrected chi connectivity index (χ3v) is 4.85. The fraction of sp³-hybridized carbons (Fsp3) is 0.182. The summed E-state index contributed by atoms with van der Waals surface area (Å²) < 4.78 is 56.8. The highest BCUT2D eigenvalue weighted by molar-refractivity contribution is 6.06. The first-order valence-corrected chi connectivity index (χ1v) is 9.43. The third-order valence-electron chi connectivity index (χ3n) is 4.85. The molecule has 0 radical (unpaired) electrons. The second-order valence-corrected chi connectivity index (χ2v) is 6.82. The summed E-state index contributed by atoms with van der Waals surface area (Å²) in [5.74, 6) is 0.843. The van der Waals surface area contributed by atoms with Crippen molar-refractivity contribution in [3.8, 4) is 11.5 Å². The number of nitrogens with zero attached hydrogens (tertiary/aromatic N) is 2. The van der Waals surface area contributed by atoms with Crippen molar-refractivity contribution < 1.29 is 31.9 Å². The van der Waals surface area contributed by atoms with E-state index in [1.54, 1.807) is 28.8 Å². The molecule has 32 heavy (non-hydrogen) atoms. The van der Waals surface area contributed by atoms with E-state index < -0.39 is 17.6 Å². The maximum atomic E-state index is 13.2. The van der Waals surface area contributed by atoms with Gasteiger partial charge in [0.1, 0.15) is 17.3 Å². The number of benzene rings is 2. The summed E-state index contributed by atoms with van der Waals surface area (Å²) in [5.41, 5.74) is -0.127. The van der Waals surface area contributed by atoms with E-state index in [0.29, 0.717) is 17.0 Å². The molecule has 0 bridgehead atoms. The first-order valence-electron chi connectivity index (χ1n) is 9.43. The number of carbonyl (C=O) groups is 1. The van der Waals surface area contributed by atoms with E-state index in [1.807, 2.05) is 0 Å². The van der Waals surface area contributed by atoms with Gasteiger partial charge in [-0.05, 0) is 42.5 Å². The average molecular weight is 445 g/mol. The molecule has 0 saturated heterocycles. The van der Waals surface area contributed by atoms with E-state index in [1.165, 1.54) is 32.6 Å². The number of ether oxygens (including phenoxy) is 2. The van der Waals surface area contributed by atoms with Crippen LogP contribution in [0.15, 0.2) is 59.2 Å².